The van der Waals surface area contributed by atoms with Crippen LogP contribution in [0, 0.1) is 0 Å². The summed E-state index contributed by atoms with van der Waals surface area (Å²) < 4.78 is 5.83. The lowest BCUT2D eigenvalue weighted by molar-refractivity contribution is 0.158. The number of amides is 1. The SMILES string of the molecule is CCCOC(=O)N(Cl)c1ccccc1. The normalized spacial score (nSPS) is 9.57. The van der Waals surface area contributed by atoms with Crippen molar-refractivity contribution in [2.75, 3.05) is 11.0 Å². The van der Waals surface area contributed by atoms with E-state index in [0.717, 1.165) is 10.8 Å². The highest BCUT2D eigenvalue weighted by atomic mass is 35.5. The summed E-state index contributed by atoms with van der Waals surface area (Å²) in [6.45, 7) is 2.31. The summed E-state index contributed by atoms with van der Waals surface area (Å²) >= 11 is 5.75. The molecule has 3 nitrogen and oxygen atoms in total. The van der Waals surface area contributed by atoms with Crippen LogP contribution in [0.2, 0.25) is 0 Å². The maximum atomic E-state index is 11.3. The quantitative estimate of drug-likeness (QED) is 0.722. The molecule has 0 unspecified atom stereocenters. The van der Waals surface area contributed by atoms with Gasteiger partial charge in [0, 0.05) is 11.8 Å². The summed E-state index contributed by atoms with van der Waals surface area (Å²) in [5, 5.41) is 0. The lowest BCUT2D eigenvalue weighted by Gasteiger charge is -2.13. The van der Waals surface area contributed by atoms with Crippen LogP contribution >= 0.6 is 11.8 Å². The van der Waals surface area contributed by atoms with Crippen molar-refractivity contribution in [1.82, 2.24) is 0 Å². The predicted octanol–water partition coefficient (Wildman–Crippen LogP) is 3.19. The zero-order valence-corrected chi connectivity index (χ0v) is 8.70. The highest BCUT2D eigenvalue weighted by Gasteiger charge is 2.13. The number of para-hydroxylation sites is 1. The number of benzene rings is 1. The van der Waals surface area contributed by atoms with Crippen molar-refractivity contribution in [3.8, 4) is 0 Å². The Morgan fingerprint density at radius 3 is 2.64 bits per heavy atom. The van der Waals surface area contributed by atoms with Crippen LogP contribution < -0.4 is 4.42 Å². The minimum atomic E-state index is -0.542. The number of hydrogen-bond donors (Lipinski definition) is 0. The number of ether oxygens (including phenoxy) is 1. The van der Waals surface area contributed by atoms with Gasteiger partial charge in [0.2, 0.25) is 0 Å². The van der Waals surface area contributed by atoms with E-state index in [9.17, 15) is 4.79 Å². The zero-order chi connectivity index (χ0) is 10.4. The molecule has 0 fully saturated rings. The second kappa shape index (κ2) is 5.50. The van der Waals surface area contributed by atoms with Crippen molar-refractivity contribution in [2.45, 2.75) is 13.3 Å². The number of hydrogen-bond acceptors (Lipinski definition) is 2. The van der Waals surface area contributed by atoms with Gasteiger partial charge in [-0.25, -0.2) is 4.79 Å². The van der Waals surface area contributed by atoms with E-state index in [4.69, 9.17) is 16.5 Å². The maximum Gasteiger partial charge on any atom is 0.429 e. The average Bonchev–Trinajstić information content (AvgIpc) is 2.26. The van der Waals surface area contributed by atoms with E-state index < -0.39 is 6.09 Å². The monoisotopic (exact) mass is 213 g/mol. The highest BCUT2D eigenvalue weighted by Crippen LogP contribution is 2.16. The van der Waals surface area contributed by atoms with Crippen LogP contribution in [-0.2, 0) is 4.74 Å². The summed E-state index contributed by atoms with van der Waals surface area (Å²) in [6.07, 6.45) is 0.241. The molecule has 0 heterocycles. The number of nitrogens with zero attached hydrogens (tertiary/aromatic N) is 1. The van der Waals surface area contributed by atoms with E-state index in [1.165, 1.54) is 0 Å². The Morgan fingerprint density at radius 2 is 2.07 bits per heavy atom. The fraction of sp³-hybridized carbons (Fsp3) is 0.300. The third-order valence-electron chi connectivity index (χ3n) is 1.57. The Hall–Kier alpha value is -1.22. The minimum absolute atomic E-state index is 0.384. The average molecular weight is 214 g/mol. The molecule has 0 saturated heterocycles. The zero-order valence-electron chi connectivity index (χ0n) is 7.94. The molecule has 0 saturated carbocycles. The highest BCUT2D eigenvalue weighted by molar-refractivity contribution is 6.35. The van der Waals surface area contributed by atoms with Crippen molar-refractivity contribution in [3.63, 3.8) is 0 Å². The molecule has 0 aromatic heterocycles. The van der Waals surface area contributed by atoms with Crippen LogP contribution in [0.1, 0.15) is 13.3 Å². The fourth-order valence-corrected chi connectivity index (χ4v) is 1.07. The lowest BCUT2D eigenvalue weighted by Crippen LogP contribution is -2.21. The van der Waals surface area contributed by atoms with Gasteiger partial charge in [-0.05, 0) is 18.6 Å². The molecule has 0 aliphatic carbocycles. The first-order chi connectivity index (χ1) is 6.75. The van der Waals surface area contributed by atoms with Gasteiger partial charge in [0.15, 0.2) is 0 Å². The summed E-state index contributed by atoms with van der Waals surface area (Å²) in [5.74, 6) is 0. The Kier molecular flexibility index (Phi) is 4.26. The first-order valence-corrected chi connectivity index (χ1v) is 4.77. The third-order valence-corrected chi connectivity index (χ3v) is 1.91. The molecule has 1 aromatic carbocycles. The van der Waals surface area contributed by atoms with Gasteiger partial charge in [-0.3, -0.25) is 0 Å². The van der Waals surface area contributed by atoms with Crippen LogP contribution in [0.4, 0.5) is 10.5 Å². The van der Waals surface area contributed by atoms with Crippen LogP contribution in [0.15, 0.2) is 30.3 Å². The molecule has 1 amide bonds. The summed E-state index contributed by atoms with van der Waals surface area (Å²) in [4.78, 5) is 11.3. The molecule has 14 heavy (non-hydrogen) atoms. The van der Waals surface area contributed by atoms with Crippen molar-refractivity contribution < 1.29 is 9.53 Å². The van der Waals surface area contributed by atoms with E-state index in [2.05, 4.69) is 0 Å². The van der Waals surface area contributed by atoms with Gasteiger partial charge in [0.05, 0.1) is 12.3 Å². The van der Waals surface area contributed by atoms with Gasteiger partial charge in [-0.2, -0.15) is 4.42 Å². The fourth-order valence-electron chi connectivity index (χ4n) is 0.910. The molecule has 0 atom stereocenters. The smallest absolute Gasteiger partial charge is 0.429 e. The van der Waals surface area contributed by atoms with Gasteiger partial charge in [0.1, 0.15) is 0 Å². The first kappa shape index (κ1) is 10.9. The molecule has 0 aliphatic heterocycles. The van der Waals surface area contributed by atoms with Gasteiger partial charge in [-0.15, -0.1) is 0 Å². The molecule has 0 aliphatic rings. The topological polar surface area (TPSA) is 29.5 Å². The third kappa shape index (κ3) is 2.92. The molecule has 0 bridgehead atoms. The van der Waals surface area contributed by atoms with E-state index >= 15 is 0 Å². The number of carbonyl (C=O) groups is 1. The van der Waals surface area contributed by atoms with E-state index in [1.54, 1.807) is 24.3 Å². The number of carbonyl (C=O) groups excluding carboxylic acids is 1. The molecule has 4 heteroatoms. The van der Waals surface area contributed by atoms with Gasteiger partial charge in [0.25, 0.3) is 0 Å². The molecule has 0 N–H and O–H groups in total. The Balaban J connectivity index is 2.57. The number of anilines is 1. The second-order valence-electron chi connectivity index (χ2n) is 2.73. The van der Waals surface area contributed by atoms with Crippen LogP contribution in [0.5, 0.6) is 0 Å². The largest absolute Gasteiger partial charge is 0.448 e. The van der Waals surface area contributed by atoms with Gasteiger partial charge < -0.3 is 4.74 Å². The standard InChI is InChI=1S/C10H12ClNO2/c1-2-8-14-10(13)12(11)9-6-4-3-5-7-9/h3-7H,2,8H2,1H3. The van der Waals surface area contributed by atoms with Crippen LogP contribution in [0.25, 0.3) is 0 Å². The Labute approximate surface area is 88.3 Å². The van der Waals surface area contributed by atoms with E-state index in [0.29, 0.717) is 12.3 Å². The summed E-state index contributed by atoms with van der Waals surface area (Å²) in [5.41, 5.74) is 0.607. The van der Waals surface area contributed by atoms with Crippen molar-refractivity contribution in [1.29, 1.82) is 0 Å². The number of halogens is 1. The second-order valence-corrected chi connectivity index (χ2v) is 3.07. The molecule has 0 radical (unpaired) electrons. The molecular formula is C10H12ClNO2. The van der Waals surface area contributed by atoms with Crippen molar-refractivity contribution in [2.24, 2.45) is 0 Å². The summed E-state index contributed by atoms with van der Waals surface area (Å²) in [6, 6.07) is 8.93. The molecule has 0 spiro atoms. The van der Waals surface area contributed by atoms with E-state index in [1.807, 2.05) is 13.0 Å². The Bertz CT molecular complexity index is 289. The molecule has 1 aromatic rings. The van der Waals surface area contributed by atoms with Gasteiger partial charge in [-0.1, -0.05) is 25.1 Å². The van der Waals surface area contributed by atoms with Crippen LogP contribution in [-0.4, -0.2) is 12.7 Å². The first-order valence-electron chi connectivity index (χ1n) is 4.43. The predicted molar refractivity (Wildman–Crippen MR) is 56.4 cm³/mol. The summed E-state index contributed by atoms with van der Waals surface area (Å²) in [7, 11) is 0. The Morgan fingerprint density at radius 1 is 1.43 bits per heavy atom. The molecule has 76 valence electrons. The van der Waals surface area contributed by atoms with Gasteiger partial charge >= 0.3 is 6.09 Å². The maximum absolute atomic E-state index is 11.3. The van der Waals surface area contributed by atoms with Crippen molar-refractivity contribution >= 4 is 23.6 Å². The lowest BCUT2D eigenvalue weighted by atomic mass is 10.3. The molecule has 1 rings (SSSR count). The molecular weight excluding hydrogens is 202 g/mol. The number of rotatable bonds is 3. The van der Waals surface area contributed by atoms with Crippen LogP contribution in [0.3, 0.4) is 0 Å². The van der Waals surface area contributed by atoms with E-state index in [-0.39, 0.29) is 0 Å². The van der Waals surface area contributed by atoms with Crippen molar-refractivity contribution in [3.05, 3.63) is 30.3 Å². The minimum Gasteiger partial charge on any atom is -0.448 e.